The molecule has 0 unspecified atom stereocenters. The van der Waals surface area contributed by atoms with Crippen molar-refractivity contribution in [2.45, 2.75) is 0 Å². The van der Waals surface area contributed by atoms with Gasteiger partial charge < -0.3 is 0 Å². The van der Waals surface area contributed by atoms with Crippen LogP contribution in [0.15, 0.2) is 18.2 Å². The molecule has 0 aliphatic carbocycles. The van der Waals surface area contributed by atoms with E-state index in [9.17, 15) is 17.2 Å². The van der Waals surface area contributed by atoms with Crippen LogP contribution in [0, 0.1) is 11.6 Å². The molecule has 15 heavy (non-hydrogen) atoms. The molecule has 0 spiro atoms. The summed E-state index contributed by atoms with van der Waals surface area (Å²) in [6.07, 6.45) is 0. The first kappa shape index (κ1) is 11.9. The molecule has 0 saturated heterocycles. The lowest BCUT2D eigenvalue weighted by atomic mass is 10.3. The first-order chi connectivity index (χ1) is 6.83. The zero-order chi connectivity index (χ0) is 11.6. The molecule has 0 aliphatic rings. The highest BCUT2D eigenvalue weighted by molar-refractivity contribution is 7.90. The van der Waals surface area contributed by atoms with Gasteiger partial charge in [-0.15, -0.1) is 0 Å². The van der Waals surface area contributed by atoms with Gasteiger partial charge in [0.25, 0.3) is 0 Å². The maximum atomic E-state index is 12.7. The molecule has 1 N–H and O–H groups in total. The molecule has 0 saturated carbocycles. The van der Waals surface area contributed by atoms with E-state index < -0.39 is 21.8 Å². The number of benzene rings is 1. The molecular formula is C8H10F2N2O2S. The summed E-state index contributed by atoms with van der Waals surface area (Å²) >= 11 is 0. The molecular weight excluding hydrogens is 226 g/mol. The number of anilines is 1. The first-order valence-electron chi connectivity index (χ1n) is 3.98. The van der Waals surface area contributed by atoms with Crippen molar-refractivity contribution in [1.82, 2.24) is 4.31 Å². The molecule has 0 heterocycles. The molecule has 0 aromatic heterocycles. The fourth-order valence-corrected chi connectivity index (χ4v) is 1.41. The largest absolute Gasteiger partial charge is 0.301 e. The predicted octanol–water partition coefficient (Wildman–Crippen LogP) is 1.18. The van der Waals surface area contributed by atoms with Gasteiger partial charge in [-0.2, -0.15) is 12.7 Å². The molecule has 1 aromatic carbocycles. The molecule has 0 atom stereocenters. The van der Waals surface area contributed by atoms with Gasteiger partial charge in [0.1, 0.15) is 0 Å². The summed E-state index contributed by atoms with van der Waals surface area (Å²) in [5, 5.41) is 0. The molecule has 0 bridgehead atoms. The number of nitrogens with one attached hydrogen (secondary N) is 1. The summed E-state index contributed by atoms with van der Waals surface area (Å²) in [7, 11) is -1.04. The van der Waals surface area contributed by atoms with E-state index in [0.29, 0.717) is 0 Å². The average molecular weight is 236 g/mol. The molecule has 0 amide bonds. The number of hydrogen-bond acceptors (Lipinski definition) is 2. The molecule has 0 fully saturated rings. The highest BCUT2D eigenvalue weighted by atomic mass is 32.2. The molecule has 0 aliphatic heterocycles. The Morgan fingerprint density at radius 3 is 2.27 bits per heavy atom. The van der Waals surface area contributed by atoms with E-state index in [1.54, 1.807) is 0 Å². The molecule has 4 nitrogen and oxygen atoms in total. The Balaban J connectivity index is 2.96. The Morgan fingerprint density at radius 1 is 1.20 bits per heavy atom. The standard InChI is InChI=1S/C8H10F2N2O2S/c1-12(2)15(13,14)11-6-3-4-7(9)8(10)5-6/h3-5,11H,1-2H3. The van der Waals surface area contributed by atoms with Gasteiger partial charge in [0, 0.05) is 20.2 Å². The lowest BCUT2D eigenvalue weighted by Crippen LogP contribution is -2.28. The average Bonchev–Trinajstić information content (AvgIpc) is 2.10. The van der Waals surface area contributed by atoms with Gasteiger partial charge in [-0.3, -0.25) is 4.72 Å². The van der Waals surface area contributed by atoms with Crippen LogP contribution in [0.4, 0.5) is 14.5 Å². The van der Waals surface area contributed by atoms with Crippen molar-refractivity contribution >= 4 is 15.9 Å². The van der Waals surface area contributed by atoms with Crippen LogP contribution >= 0.6 is 0 Å². The second-order valence-electron chi connectivity index (χ2n) is 3.02. The lowest BCUT2D eigenvalue weighted by molar-refractivity contribution is 0.508. The Hall–Kier alpha value is -1.21. The monoisotopic (exact) mass is 236 g/mol. The number of hydrogen-bond donors (Lipinski definition) is 1. The number of halogens is 2. The Bertz CT molecular complexity index is 460. The SMILES string of the molecule is CN(C)S(=O)(=O)Nc1ccc(F)c(F)c1. The second-order valence-corrected chi connectivity index (χ2v) is 4.90. The van der Waals surface area contributed by atoms with E-state index >= 15 is 0 Å². The summed E-state index contributed by atoms with van der Waals surface area (Å²) in [4.78, 5) is 0. The highest BCUT2D eigenvalue weighted by Gasteiger charge is 2.13. The van der Waals surface area contributed by atoms with Gasteiger partial charge in [-0.05, 0) is 12.1 Å². The van der Waals surface area contributed by atoms with Gasteiger partial charge in [0.05, 0.1) is 5.69 Å². The highest BCUT2D eigenvalue weighted by Crippen LogP contribution is 2.14. The fraction of sp³-hybridized carbons (Fsp3) is 0.250. The van der Waals surface area contributed by atoms with Crippen LogP contribution in [0.25, 0.3) is 0 Å². The van der Waals surface area contributed by atoms with Gasteiger partial charge in [-0.25, -0.2) is 8.78 Å². The van der Waals surface area contributed by atoms with Crippen LogP contribution in [0.5, 0.6) is 0 Å². The van der Waals surface area contributed by atoms with Crippen molar-refractivity contribution in [3.8, 4) is 0 Å². The van der Waals surface area contributed by atoms with E-state index in [1.165, 1.54) is 14.1 Å². The third-order valence-electron chi connectivity index (χ3n) is 1.65. The van der Waals surface area contributed by atoms with Crippen LogP contribution < -0.4 is 4.72 Å². The predicted molar refractivity (Wildman–Crippen MR) is 52.6 cm³/mol. The minimum atomic E-state index is -3.69. The van der Waals surface area contributed by atoms with Crippen molar-refractivity contribution < 1.29 is 17.2 Å². The van der Waals surface area contributed by atoms with E-state index in [-0.39, 0.29) is 5.69 Å². The minimum absolute atomic E-state index is 0.0254. The Labute approximate surface area is 86.7 Å². The van der Waals surface area contributed by atoms with Crippen molar-refractivity contribution in [2.24, 2.45) is 0 Å². The van der Waals surface area contributed by atoms with Gasteiger partial charge in [-0.1, -0.05) is 0 Å². The lowest BCUT2D eigenvalue weighted by Gasteiger charge is -2.13. The van der Waals surface area contributed by atoms with E-state index in [2.05, 4.69) is 4.72 Å². The van der Waals surface area contributed by atoms with Crippen molar-refractivity contribution in [2.75, 3.05) is 18.8 Å². The van der Waals surface area contributed by atoms with Crippen molar-refractivity contribution in [3.05, 3.63) is 29.8 Å². The van der Waals surface area contributed by atoms with Crippen LogP contribution in [0.2, 0.25) is 0 Å². The smallest absolute Gasteiger partial charge is 0.271 e. The molecule has 1 aromatic rings. The van der Waals surface area contributed by atoms with E-state index in [1.807, 2.05) is 0 Å². The fourth-order valence-electron chi connectivity index (χ4n) is 0.800. The summed E-state index contributed by atoms with van der Waals surface area (Å²) in [6.45, 7) is 0. The summed E-state index contributed by atoms with van der Waals surface area (Å²) in [5.74, 6) is -2.13. The van der Waals surface area contributed by atoms with Crippen LogP contribution in [0.3, 0.4) is 0 Å². The quantitative estimate of drug-likeness (QED) is 0.856. The summed E-state index contributed by atoms with van der Waals surface area (Å²) in [6, 6.07) is 2.76. The normalized spacial score (nSPS) is 11.8. The molecule has 1 rings (SSSR count). The molecule has 0 radical (unpaired) electrons. The first-order valence-corrected chi connectivity index (χ1v) is 5.42. The molecule has 7 heteroatoms. The van der Waals surface area contributed by atoms with Crippen LogP contribution in [0.1, 0.15) is 0 Å². The van der Waals surface area contributed by atoms with Crippen molar-refractivity contribution in [3.63, 3.8) is 0 Å². The zero-order valence-electron chi connectivity index (χ0n) is 8.16. The van der Waals surface area contributed by atoms with E-state index in [0.717, 1.165) is 22.5 Å². The maximum absolute atomic E-state index is 12.7. The maximum Gasteiger partial charge on any atom is 0.301 e. The van der Waals surface area contributed by atoms with Gasteiger partial charge in [0.2, 0.25) is 0 Å². The summed E-state index contributed by atoms with van der Waals surface area (Å²) in [5.41, 5.74) is -0.0254. The minimum Gasteiger partial charge on any atom is -0.271 e. The third-order valence-corrected chi connectivity index (χ3v) is 3.10. The third kappa shape index (κ3) is 2.87. The topological polar surface area (TPSA) is 49.4 Å². The number of nitrogens with zero attached hydrogens (tertiary/aromatic N) is 1. The van der Waals surface area contributed by atoms with Crippen LogP contribution in [-0.2, 0) is 10.2 Å². The number of rotatable bonds is 3. The van der Waals surface area contributed by atoms with Gasteiger partial charge >= 0.3 is 10.2 Å². The van der Waals surface area contributed by atoms with Gasteiger partial charge in [0.15, 0.2) is 11.6 Å². The van der Waals surface area contributed by atoms with E-state index in [4.69, 9.17) is 0 Å². The second kappa shape index (κ2) is 4.11. The Morgan fingerprint density at radius 2 is 1.80 bits per heavy atom. The Kier molecular flexibility index (Phi) is 3.25. The zero-order valence-corrected chi connectivity index (χ0v) is 8.98. The van der Waals surface area contributed by atoms with Crippen molar-refractivity contribution in [1.29, 1.82) is 0 Å². The summed E-state index contributed by atoms with van der Waals surface area (Å²) < 4.78 is 50.9. The van der Waals surface area contributed by atoms with Crippen LogP contribution in [-0.4, -0.2) is 26.8 Å². The molecule has 84 valence electrons.